The summed E-state index contributed by atoms with van der Waals surface area (Å²) in [5.41, 5.74) is 0.155. The molecule has 0 radical (unpaired) electrons. The van der Waals surface area contributed by atoms with Crippen LogP contribution in [0.3, 0.4) is 0 Å². The molecule has 0 aromatic carbocycles. The molecule has 10 heteroatoms. The van der Waals surface area contributed by atoms with Crippen LogP contribution < -0.4 is 5.82 Å². The number of esters is 1. The third kappa shape index (κ3) is 3.01. The first-order chi connectivity index (χ1) is 12.9. The predicted molar refractivity (Wildman–Crippen MR) is 91.2 cm³/mol. The van der Waals surface area contributed by atoms with E-state index < -0.39 is 23.8 Å². The standard InChI is InChI=1S/C17H19NO8S/c1-7(19)11-14(20)18-12(13(27-15(11)18)9-4-3-5-23-9)16(21)24-6-10-8(2)25-17(22)26-10/h7,9,11,15,19H,3-6H2,1-2H3/t7-,9+,11+,15-/m1/s1. The van der Waals surface area contributed by atoms with Crippen molar-refractivity contribution in [1.29, 1.82) is 0 Å². The van der Waals surface area contributed by atoms with Gasteiger partial charge in [-0.1, -0.05) is 11.8 Å². The first kappa shape index (κ1) is 18.3. The molecule has 3 aliphatic heterocycles. The number of aliphatic hydroxyl groups is 1. The summed E-state index contributed by atoms with van der Waals surface area (Å²) in [7, 11) is 0. The van der Waals surface area contributed by atoms with E-state index in [9.17, 15) is 19.5 Å². The van der Waals surface area contributed by atoms with Crippen LogP contribution in [0.2, 0.25) is 0 Å². The molecule has 4 atom stereocenters. The molecule has 146 valence electrons. The highest BCUT2D eigenvalue weighted by atomic mass is 32.2. The molecule has 4 heterocycles. The number of hydrogen-bond donors (Lipinski definition) is 1. The van der Waals surface area contributed by atoms with E-state index in [4.69, 9.17) is 18.3 Å². The van der Waals surface area contributed by atoms with E-state index in [-0.39, 0.29) is 41.2 Å². The third-order valence-corrected chi connectivity index (χ3v) is 6.37. The van der Waals surface area contributed by atoms with Gasteiger partial charge in [-0.25, -0.2) is 9.59 Å². The van der Waals surface area contributed by atoms with Gasteiger partial charge in [0.05, 0.1) is 18.1 Å². The fourth-order valence-corrected chi connectivity index (χ4v) is 5.21. The van der Waals surface area contributed by atoms with Crippen LogP contribution in [0.4, 0.5) is 0 Å². The fourth-order valence-electron chi connectivity index (χ4n) is 3.52. The minimum Gasteiger partial charge on any atom is -0.453 e. The molecule has 1 aromatic rings. The molecule has 9 nitrogen and oxygen atoms in total. The molecule has 0 saturated carbocycles. The Morgan fingerprint density at radius 1 is 1.41 bits per heavy atom. The van der Waals surface area contributed by atoms with Gasteiger partial charge in [0.1, 0.15) is 11.1 Å². The molecule has 2 saturated heterocycles. The summed E-state index contributed by atoms with van der Waals surface area (Å²) in [6, 6.07) is 0. The Morgan fingerprint density at radius 3 is 2.78 bits per heavy atom. The normalized spacial score (nSPS) is 28.3. The van der Waals surface area contributed by atoms with Gasteiger partial charge < -0.3 is 23.4 Å². The third-order valence-electron chi connectivity index (χ3n) is 4.91. The first-order valence-corrected chi connectivity index (χ1v) is 9.56. The second-order valence-corrected chi connectivity index (χ2v) is 7.87. The van der Waals surface area contributed by atoms with Gasteiger partial charge in [0.2, 0.25) is 5.91 Å². The second kappa shape index (κ2) is 6.84. The quantitative estimate of drug-likeness (QED) is 0.570. The first-order valence-electron chi connectivity index (χ1n) is 8.68. The van der Waals surface area contributed by atoms with E-state index >= 15 is 0 Å². The predicted octanol–water partition coefficient (Wildman–Crippen LogP) is 0.887. The maximum absolute atomic E-state index is 12.8. The lowest BCUT2D eigenvalue weighted by atomic mass is 9.92. The van der Waals surface area contributed by atoms with Gasteiger partial charge in [-0.15, -0.1) is 0 Å². The monoisotopic (exact) mass is 397 g/mol. The van der Waals surface area contributed by atoms with Crippen LogP contribution in [0.25, 0.3) is 0 Å². The van der Waals surface area contributed by atoms with Crippen molar-refractivity contribution in [3.63, 3.8) is 0 Å². The lowest BCUT2D eigenvalue weighted by Crippen LogP contribution is -2.60. The molecule has 0 spiro atoms. The summed E-state index contributed by atoms with van der Waals surface area (Å²) >= 11 is 1.37. The molecule has 3 aliphatic rings. The van der Waals surface area contributed by atoms with Gasteiger partial charge in [-0.2, -0.15) is 0 Å². The zero-order valence-electron chi connectivity index (χ0n) is 14.8. The molecule has 1 N–H and O–H groups in total. The van der Waals surface area contributed by atoms with Crippen LogP contribution >= 0.6 is 11.8 Å². The number of fused-ring (bicyclic) bond motifs is 1. The van der Waals surface area contributed by atoms with E-state index in [1.165, 1.54) is 23.6 Å². The van der Waals surface area contributed by atoms with Crippen LogP contribution in [0.1, 0.15) is 31.3 Å². The Morgan fingerprint density at radius 2 is 2.19 bits per heavy atom. The minimum atomic E-state index is -0.869. The van der Waals surface area contributed by atoms with Crippen LogP contribution in [0, 0.1) is 12.8 Å². The van der Waals surface area contributed by atoms with Crippen molar-refractivity contribution in [1.82, 2.24) is 4.90 Å². The zero-order chi connectivity index (χ0) is 19.3. The second-order valence-electron chi connectivity index (χ2n) is 6.71. The van der Waals surface area contributed by atoms with Crippen LogP contribution in [0.5, 0.6) is 0 Å². The zero-order valence-corrected chi connectivity index (χ0v) is 15.6. The van der Waals surface area contributed by atoms with E-state index in [0.717, 1.165) is 12.8 Å². The number of ether oxygens (including phenoxy) is 2. The van der Waals surface area contributed by atoms with Crippen molar-refractivity contribution < 1.29 is 33.0 Å². The van der Waals surface area contributed by atoms with Gasteiger partial charge in [0.25, 0.3) is 0 Å². The summed E-state index contributed by atoms with van der Waals surface area (Å²) < 4.78 is 20.5. The molecule has 27 heavy (non-hydrogen) atoms. The highest BCUT2D eigenvalue weighted by Gasteiger charge is 2.58. The van der Waals surface area contributed by atoms with E-state index in [2.05, 4.69) is 0 Å². The number of amides is 1. The number of β-lactam (4-membered cyclic amide) rings is 1. The van der Waals surface area contributed by atoms with Crippen molar-refractivity contribution in [2.45, 2.75) is 50.9 Å². The van der Waals surface area contributed by atoms with Crippen molar-refractivity contribution >= 4 is 23.6 Å². The number of aryl methyl sites for hydroxylation is 1. The van der Waals surface area contributed by atoms with Crippen molar-refractivity contribution in [2.75, 3.05) is 6.61 Å². The molecule has 0 bridgehead atoms. The molecular weight excluding hydrogens is 378 g/mol. The molecule has 0 unspecified atom stereocenters. The highest BCUT2D eigenvalue weighted by Crippen LogP contribution is 2.52. The Labute approximate surface area is 158 Å². The number of carbonyl (C=O) groups is 2. The van der Waals surface area contributed by atoms with Crippen LogP contribution in [-0.4, -0.2) is 46.1 Å². The minimum absolute atomic E-state index is 0.117. The summed E-state index contributed by atoms with van der Waals surface area (Å²) in [6.07, 6.45) is 0.548. The molecule has 4 rings (SSSR count). The Balaban J connectivity index is 1.57. The lowest BCUT2D eigenvalue weighted by molar-refractivity contribution is -0.158. The van der Waals surface area contributed by atoms with Crippen molar-refractivity contribution in [3.8, 4) is 0 Å². The largest absolute Gasteiger partial charge is 0.519 e. The van der Waals surface area contributed by atoms with Gasteiger partial charge in [0, 0.05) is 11.5 Å². The van der Waals surface area contributed by atoms with E-state index in [1.54, 1.807) is 6.92 Å². The lowest BCUT2D eigenvalue weighted by Gasteiger charge is -2.43. The van der Waals surface area contributed by atoms with Crippen LogP contribution in [0.15, 0.2) is 24.2 Å². The summed E-state index contributed by atoms with van der Waals surface area (Å²) in [5, 5.41) is 9.53. The van der Waals surface area contributed by atoms with Gasteiger partial charge >= 0.3 is 11.8 Å². The number of thioether (sulfide) groups is 1. The number of nitrogens with zero attached hydrogens (tertiary/aromatic N) is 1. The SMILES string of the molecule is Cc1oc(=O)oc1COC(=O)C1=C([C@@H]2CCCO2)S[C@@H]2[C@@H]([C@@H](C)O)C(=O)N12. The summed E-state index contributed by atoms with van der Waals surface area (Å²) in [6.45, 7) is 3.40. The molecular formula is C17H19NO8S. The van der Waals surface area contributed by atoms with Gasteiger partial charge in [-0.05, 0) is 26.7 Å². The maximum Gasteiger partial charge on any atom is 0.519 e. The molecule has 1 amide bonds. The Hall–Kier alpha value is -2.04. The van der Waals surface area contributed by atoms with Gasteiger partial charge in [0.15, 0.2) is 18.1 Å². The number of hydrogen-bond acceptors (Lipinski definition) is 9. The summed E-state index contributed by atoms with van der Waals surface area (Å²) in [5.74, 6) is -2.09. The maximum atomic E-state index is 12.8. The Bertz CT molecular complexity index is 863. The molecule has 2 fully saturated rings. The van der Waals surface area contributed by atoms with E-state index in [1.807, 2.05) is 0 Å². The van der Waals surface area contributed by atoms with Crippen LogP contribution in [-0.2, 0) is 25.7 Å². The van der Waals surface area contributed by atoms with Crippen molar-refractivity contribution in [2.24, 2.45) is 5.92 Å². The summed E-state index contributed by atoms with van der Waals surface area (Å²) in [4.78, 5) is 38.4. The Kier molecular flexibility index (Phi) is 4.65. The van der Waals surface area contributed by atoms with Crippen molar-refractivity contribution in [3.05, 3.63) is 32.7 Å². The topological polar surface area (TPSA) is 119 Å². The number of carbonyl (C=O) groups excluding carboxylic acids is 2. The average molecular weight is 397 g/mol. The highest BCUT2D eigenvalue weighted by molar-refractivity contribution is 8.04. The molecule has 0 aliphatic carbocycles. The number of rotatable bonds is 5. The van der Waals surface area contributed by atoms with Gasteiger partial charge in [-0.3, -0.25) is 9.69 Å². The number of aliphatic hydroxyl groups excluding tert-OH is 1. The molecule has 1 aromatic heterocycles. The van der Waals surface area contributed by atoms with E-state index in [0.29, 0.717) is 11.5 Å². The average Bonchev–Trinajstić information content (AvgIpc) is 3.29. The fraction of sp³-hybridized carbons (Fsp3) is 0.588. The smallest absolute Gasteiger partial charge is 0.453 e.